The van der Waals surface area contributed by atoms with Gasteiger partial charge in [0.2, 0.25) is 5.91 Å². The van der Waals surface area contributed by atoms with Gasteiger partial charge in [0.05, 0.1) is 23.4 Å². The van der Waals surface area contributed by atoms with Crippen molar-refractivity contribution in [2.24, 2.45) is 17.6 Å². The average Bonchev–Trinajstić information content (AvgIpc) is 3.52. The standard InChI is InChI=1S/C26H30BrN7O/c27-20-4-2-1-3-17(20)11-22(32-26(35)16-7-5-15(13-28)6-8-16)25-30-14-23(31-25)18-9-10-19-21(12-18)33-34-24(19)29/h1-4,9-10,12,14-16,22H,5-8,11,13,28H2,(H,30,31)(H,32,35)(H3,29,33,34)/t15?,16?,22-/m0/s1. The molecule has 35 heavy (non-hydrogen) atoms. The monoisotopic (exact) mass is 535 g/mol. The van der Waals surface area contributed by atoms with Crippen LogP contribution >= 0.6 is 15.9 Å². The third-order valence-electron chi connectivity index (χ3n) is 7.08. The fourth-order valence-corrected chi connectivity index (χ4v) is 5.37. The Hall–Kier alpha value is -3.17. The second-order valence-electron chi connectivity index (χ2n) is 9.36. The Morgan fingerprint density at radius 2 is 1.97 bits per heavy atom. The molecule has 9 heteroatoms. The first kappa shape index (κ1) is 23.6. The van der Waals surface area contributed by atoms with E-state index < -0.39 is 0 Å². The number of imidazole rings is 1. The van der Waals surface area contributed by atoms with Crippen LogP contribution in [0.4, 0.5) is 5.82 Å². The molecule has 0 aliphatic heterocycles. The molecular weight excluding hydrogens is 506 g/mol. The van der Waals surface area contributed by atoms with Crippen LogP contribution in [0.15, 0.2) is 53.1 Å². The van der Waals surface area contributed by atoms with E-state index in [0.717, 1.165) is 63.7 Å². The van der Waals surface area contributed by atoms with Gasteiger partial charge in [0.1, 0.15) is 5.82 Å². The minimum Gasteiger partial charge on any atom is -0.382 e. The number of aromatic nitrogens is 4. The Balaban J connectivity index is 1.39. The topological polar surface area (TPSA) is 138 Å². The SMILES string of the molecule is NCC1CCC(C(=O)N[C@@H](Cc2ccccc2Br)c2ncc(-c3ccc4c(N)n[nH]c4c3)[nH]2)CC1. The molecule has 1 aliphatic rings. The molecule has 1 amide bonds. The van der Waals surface area contributed by atoms with Gasteiger partial charge in [-0.05, 0) is 61.9 Å². The van der Waals surface area contributed by atoms with E-state index in [9.17, 15) is 4.79 Å². The van der Waals surface area contributed by atoms with Crippen LogP contribution in [-0.2, 0) is 11.2 Å². The Morgan fingerprint density at radius 1 is 1.17 bits per heavy atom. The zero-order chi connectivity index (χ0) is 24.4. The number of nitrogens with two attached hydrogens (primary N) is 2. The molecule has 8 nitrogen and oxygen atoms in total. The summed E-state index contributed by atoms with van der Waals surface area (Å²) in [6.07, 6.45) is 6.21. The highest BCUT2D eigenvalue weighted by Crippen LogP contribution is 2.31. The smallest absolute Gasteiger partial charge is 0.223 e. The van der Waals surface area contributed by atoms with Crippen molar-refractivity contribution < 1.29 is 4.79 Å². The van der Waals surface area contributed by atoms with Gasteiger partial charge in [0.15, 0.2) is 5.82 Å². The number of carbonyl (C=O) groups excluding carboxylic acids is 1. The molecule has 1 fully saturated rings. The van der Waals surface area contributed by atoms with Crippen molar-refractivity contribution in [2.75, 3.05) is 12.3 Å². The first-order chi connectivity index (χ1) is 17.0. The van der Waals surface area contributed by atoms with E-state index in [-0.39, 0.29) is 17.9 Å². The largest absolute Gasteiger partial charge is 0.382 e. The van der Waals surface area contributed by atoms with Crippen LogP contribution in [0.3, 0.4) is 0 Å². The summed E-state index contributed by atoms with van der Waals surface area (Å²) in [7, 11) is 0. The number of rotatable bonds is 7. The van der Waals surface area contributed by atoms with Crippen molar-refractivity contribution in [3.05, 3.63) is 64.5 Å². The number of amides is 1. The van der Waals surface area contributed by atoms with E-state index in [1.807, 2.05) is 42.6 Å². The van der Waals surface area contributed by atoms with Gasteiger partial charge in [-0.2, -0.15) is 5.10 Å². The number of halogens is 1. The summed E-state index contributed by atoms with van der Waals surface area (Å²) in [6.45, 7) is 0.700. The van der Waals surface area contributed by atoms with Gasteiger partial charge in [0.25, 0.3) is 0 Å². The minimum atomic E-state index is -0.284. The number of carbonyl (C=O) groups is 1. The molecule has 0 unspecified atom stereocenters. The molecule has 0 saturated heterocycles. The van der Waals surface area contributed by atoms with Crippen molar-refractivity contribution in [1.29, 1.82) is 0 Å². The highest BCUT2D eigenvalue weighted by atomic mass is 79.9. The maximum atomic E-state index is 13.3. The Kier molecular flexibility index (Phi) is 6.88. The van der Waals surface area contributed by atoms with Gasteiger partial charge in [-0.15, -0.1) is 0 Å². The van der Waals surface area contributed by atoms with Crippen LogP contribution in [0.25, 0.3) is 22.2 Å². The lowest BCUT2D eigenvalue weighted by molar-refractivity contribution is -0.127. The molecular formula is C26H30BrN7O. The second-order valence-corrected chi connectivity index (χ2v) is 10.2. The number of hydrogen-bond acceptors (Lipinski definition) is 5. The second kappa shape index (κ2) is 10.2. The van der Waals surface area contributed by atoms with E-state index >= 15 is 0 Å². The minimum absolute atomic E-state index is 0.0159. The number of aromatic amines is 2. The molecule has 0 bridgehead atoms. The lowest BCUT2D eigenvalue weighted by Gasteiger charge is -2.28. The summed E-state index contributed by atoms with van der Waals surface area (Å²) in [5, 5.41) is 11.2. The lowest BCUT2D eigenvalue weighted by atomic mass is 9.81. The zero-order valence-electron chi connectivity index (χ0n) is 19.4. The fourth-order valence-electron chi connectivity index (χ4n) is 4.92. The number of hydrogen-bond donors (Lipinski definition) is 5. The van der Waals surface area contributed by atoms with Crippen molar-refractivity contribution in [3.63, 3.8) is 0 Å². The fraction of sp³-hybridized carbons (Fsp3) is 0.346. The average molecular weight is 536 g/mol. The quantitative estimate of drug-likeness (QED) is 0.237. The molecule has 7 N–H and O–H groups in total. The van der Waals surface area contributed by atoms with Gasteiger partial charge >= 0.3 is 0 Å². The summed E-state index contributed by atoms with van der Waals surface area (Å²) in [5.74, 6) is 1.84. The molecule has 1 aliphatic carbocycles. The molecule has 0 spiro atoms. The molecule has 1 saturated carbocycles. The Bertz CT molecular complexity index is 1320. The molecule has 4 aromatic rings. The number of fused-ring (bicyclic) bond motifs is 1. The predicted octanol–water partition coefficient (Wildman–Crippen LogP) is 4.46. The van der Waals surface area contributed by atoms with Crippen LogP contribution in [0, 0.1) is 11.8 Å². The number of H-pyrrole nitrogens is 2. The van der Waals surface area contributed by atoms with Crippen molar-refractivity contribution in [1.82, 2.24) is 25.5 Å². The van der Waals surface area contributed by atoms with Crippen LogP contribution in [0.2, 0.25) is 0 Å². The Labute approximate surface area is 212 Å². The zero-order valence-corrected chi connectivity index (χ0v) is 21.0. The first-order valence-electron chi connectivity index (χ1n) is 12.0. The number of anilines is 1. The maximum Gasteiger partial charge on any atom is 0.223 e. The van der Waals surface area contributed by atoms with Gasteiger partial charge < -0.3 is 21.8 Å². The van der Waals surface area contributed by atoms with Gasteiger partial charge in [-0.25, -0.2) is 4.98 Å². The summed E-state index contributed by atoms with van der Waals surface area (Å²) < 4.78 is 1.01. The first-order valence-corrected chi connectivity index (χ1v) is 12.8. The summed E-state index contributed by atoms with van der Waals surface area (Å²) in [5.41, 5.74) is 15.5. The maximum absolute atomic E-state index is 13.3. The number of nitrogens with zero attached hydrogens (tertiary/aromatic N) is 2. The van der Waals surface area contributed by atoms with Crippen LogP contribution in [-0.4, -0.2) is 32.6 Å². The summed E-state index contributed by atoms with van der Waals surface area (Å²) in [6, 6.07) is 13.7. The van der Waals surface area contributed by atoms with Gasteiger partial charge in [-0.3, -0.25) is 9.89 Å². The van der Waals surface area contributed by atoms with Crippen LogP contribution < -0.4 is 16.8 Å². The molecule has 182 valence electrons. The third kappa shape index (κ3) is 5.11. The molecule has 2 aromatic heterocycles. The Morgan fingerprint density at radius 3 is 2.74 bits per heavy atom. The third-order valence-corrected chi connectivity index (χ3v) is 7.85. The number of benzene rings is 2. The molecule has 1 atom stereocenters. The van der Waals surface area contributed by atoms with Gasteiger partial charge in [0, 0.05) is 27.8 Å². The number of nitrogens with one attached hydrogen (secondary N) is 3. The van der Waals surface area contributed by atoms with Crippen LogP contribution in [0.1, 0.15) is 43.1 Å². The van der Waals surface area contributed by atoms with Crippen molar-refractivity contribution >= 4 is 38.6 Å². The summed E-state index contributed by atoms with van der Waals surface area (Å²) in [4.78, 5) is 21.4. The summed E-state index contributed by atoms with van der Waals surface area (Å²) >= 11 is 3.65. The highest BCUT2D eigenvalue weighted by Gasteiger charge is 2.28. The molecule has 0 radical (unpaired) electrons. The van der Waals surface area contributed by atoms with Crippen LogP contribution in [0.5, 0.6) is 0 Å². The molecule has 2 aromatic carbocycles. The number of nitrogen functional groups attached to an aromatic ring is 1. The van der Waals surface area contributed by atoms with Gasteiger partial charge in [-0.1, -0.05) is 40.2 Å². The van der Waals surface area contributed by atoms with E-state index in [1.165, 1.54) is 0 Å². The molecule has 2 heterocycles. The van der Waals surface area contributed by atoms with E-state index in [4.69, 9.17) is 11.5 Å². The lowest BCUT2D eigenvalue weighted by Crippen LogP contribution is -2.37. The van der Waals surface area contributed by atoms with E-state index in [0.29, 0.717) is 24.7 Å². The van der Waals surface area contributed by atoms with Crippen molar-refractivity contribution in [3.8, 4) is 11.3 Å². The predicted molar refractivity (Wildman–Crippen MR) is 141 cm³/mol. The molecule has 5 rings (SSSR count). The highest BCUT2D eigenvalue weighted by molar-refractivity contribution is 9.10. The normalized spacial score (nSPS) is 19.0. The van der Waals surface area contributed by atoms with E-state index in [1.54, 1.807) is 0 Å². The van der Waals surface area contributed by atoms with Crippen molar-refractivity contribution in [2.45, 2.75) is 38.1 Å². The van der Waals surface area contributed by atoms with E-state index in [2.05, 4.69) is 47.5 Å².